The van der Waals surface area contributed by atoms with Crippen molar-refractivity contribution in [1.82, 2.24) is 0 Å². The molecular formula is C19H22O2. The van der Waals surface area contributed by atoms with Gasteiger partial charge in [0.05, 0.1) is 5.92 Å². The van der Waals surface area contributed by atoms with E-state index in [0.29, 0.717) is 5.75 Å². The van der Waals surface area contributed by atoms with E-state index < -0.39 is 0 Å². The number of carbonyl (C=O) groups is 1. The van der Waals surface area contributed by atoms with Gasteiger partial charge in [-0.1, -0.05) is 70.2 Å². The Labute approximate surface area is 126 Å². The molecule has 2 aromatic rings. The summed E-state index contributed by atoms with van der Waals surface area (Å²) in [4.78, 5) is 11.6. The molecule has 0 aliphatic rings. The molecule has 0 amide bonds. The predicted molar refractivity (Wildman–Crippen MR) is 85.5 cm³/mol. The van der Waals surface area contributed by atoms with Crippen molar-refractivity contribution in [1.29, 1.82) is 0 Å². The van der Waals surface area contributed by atoms with Gasteiger partial charge in [-0.25, -0.2) is 0 Å². The van der Waals surface area contributed by atoms with Crippen LogP contribution in [0.5, 0.6) is 5.75 Å². The average Bonchev–Trinajstić information content (AvgIpc) is 2.48. The Morgan fingerprint density at radius 1 is 0.905 bits per heavy atom. The molecule has 0 aromatic heterocycles. The second kappa shape index (κ2) is 6.13. The second-order valence-corrected chi connectivity index (χ2v) is 6.09. The summed E-state index contributed by atoms with van der Waals surface area (Å²) in [5.74, 6) is 0.275. The SMILES string of the molecule is CC(C)C(=O)Oc1ccc(C(C)(C)c2ccccc2)cc1. The van der Waals surface area contributed by atoms with Crippen molar-refractivity contribution in [2.75, 3.05) is 0 Å². The number of ether oxygens (including phenoxy) is 1. The molecule has 0 radical (unpaired) electrons. The highest BCUT2D eigenvalue weighted by Crippen LogP contribution is 2.32. The summed E-state index contributed by atoms with van der Waals surface area (Å²) >= 11 is 0. The van der Waals surface area contributed by atoms with E-state index in [9.17, 15) is 4.79 Å². The van der Waals surface area contributed by atoms with E-state index in [4.69, 9.17) is 4.74 Å². The highest BCUT2D eigenvalue weighted by atomic mass is 16.5. The van der Waals surface area contributed by atoms with Crippen LogP contribution in [0, 0.1) is 5.92 Å². The Hall–Kier alpha value is -2.09. The molecular weight excluding hydrogens is 260 g/mol. The van der Waals surface area contributed by atoms with Crippen molar-refractivity contribution in [3.63, 3.8) is 0 Å². The summed E-state index contributed by atoms with van der Waals surface area (Å²) < 4.78 is 5.31. The molecule has 0 aliphatic heterocycles. The van der Waals surface area contributed by atoms with Crippen LogP contribution in [-0.2, 0) is 10.2 Å². The van der Waals surface area contributed by atoms with E-state index in [1.54, 1.807) is 0 Å². The van der Waals surface area contributed by atoms with E-state index in [1.807, 2.05) is 44.2 Å². The molecule has 110 valence electrons. The molecule has 2 aromatic carbocycles. The Morgan fingerprint density at radius 3 is 1.95 bits per heavy atom. The van der Waals surface area contributed by atoms with Crippen LogP contribution >= 0.6 is 0 Å². The molecule has 0 N–H and O–H groups in total. The molecule has 2 rings (SSSR count). The van der Waals surface area contributed by atoms with Crippen LogP contribution in [-0.4, -0.2) is 5.97 Å². The highest BCUT2D eigenvalue weighted by Gasteiger charge is 2.22. The van der Waals surface area contributed by atoms with Gasteiger partial charge < -0.3 is 4.74 Å². The number of carbonyl (C=O) groups excluding carboxylic acids is 1. The number of esters is 1. The lowest BCUT2D eigenvalue weighted by Gasteiger charge is -2.26. The number of hydrogen-bond donors (Lipinski definition) is 0. The van der Waals surface area contributed by atoms with E-state index in [0.717, 1.165) is 0 Å². The molecule has 0 saturated heterocycles. The van der Waals surface area contributed by atoms with E-state index in [-0.39, 0.29) is 17.3 Å². The number of benzene rings is 2. The van der Waals surface area contributed by atoms with Crippen molar-refractivity contribution in [2.24, 2.45) is 5.92 Å². The second-order valence-electron chi connectivity index (χ2n) is 6.09. The number of rotatable bonds is 4. The van der Waals surface area contributed by atoms with Gasteiger partial charge in [0.1, 0.15) is 5.75 Å². The quantitative estimate of drug-likeness (QED) is 0.606. The van der Waals surface area contributed by atoms with Gasteiger partial charge in [0.2, 0.25) is 0 Å². The fourth-order valence-corrected chi connectivity index (χ4v) is 2.20. The molecule has 2 nitrogen and oxygen atoms in total. The lowest BCUT2D eigenvalue weighted by Crippen LogP contribution is -2.19. The largest absolute Gasteiger partial charge is 0.426 e. The Morgan fingerprint density at radius 2 is 1.43 bits per heavy atom. The van der Waals surface area contributed by atoms with Gasteiger partial charge in [-0.15, -0.1) is 0 Å². The van der Waals surface area contributed by atoms with Crippen molar-refractivity contribution in [3.05, 3.63) is 65.7 Å². The third-order valence-electron chi connectivity index (χ3n) is 3.76. The minimum atomic E-state index is -0.204. The lowest BCUT2D eigenvalue weighted by molar-refractivity contribution is -0.137. The lowest BCUT2D eigenvalue weighted by atomic mass is 9.78. The minimum absolute atomic E-state index is 0.0815. The Bertz CT molecular complexity index is 595. The minimum Gasteiger partial charge on any atom is -0.426 e. The number of hydrogen-bond acceptors (Lipinski definition) is 2. The molecule has 2 heteroatoms. The summed E-state index contributed by atoms with van der Waals surface area (Å²) in [5.41, 5.74) is 2.37. The zero-order valence-electron chi connectivity index (χ0n) is 13.1. The van der Waals surface area contributed by atoms with Crippen LogP contribution in [0.15, 0.2) is 54.6 Å². The highest BCUT2D eigenvalue weighted by molar-refractivity contribution is 5.74. The molecule has 0 atom stereocenters. The van der Waals surface area contributed by atoms with E-state index in [1.165, 1.54) is 11.1 Å². The molecule has 0 bridgehead atoms. The van der Waals surface area contributed by atoms with E-state index >= 15 is 0 Å². The van der Waals surface area contributed by atoms with E-state index in [2.05, 4.69) is 38.1 Å². The van der Waals surface area contributed by atoms with Gasteiger partial charge in [-0.05, 0) is 23.3 Å². The molecule has 0 unspecified atom stereocenters. The van der Waals surface area contributed by atoms with Crippen LogP contribution in [0.2, 0.25) is 0 Å². The van der Waals surface area contributed by atoms with Gasteiger partial charge in [-0.2, -0.15) is 0 Å². The van der Waals surface area contributed by atoms with Gasteiger partial charge >= 0.3 is 5.97 Å². The molecule has 0 aliphatic carbocycles. The Kier molecular flexibility index (Phi) is 4.46. The first-order chi connectivity index (χ1) is 9.91. The zero-order valence-corrected chi connectivity index (χ0v) is 13.1. The van der Waals surface area contributed by atoms with Gasteiger partial charge in [0.15, 0.2) is 0 Å². The van der Waals surface area contributed by atoms with Crippen LogP contribution in [0.1, 0.15) is 38.8 Å². The zero-order chi connectivity index (χ0) is 15.5. The molecule has 21 heavy (non-hydrogen) atoms. The molecule has 0 heterocycles. The van der Waals surface area contributed by atoms with Crippen molar-refractivity contribution in [2.45, 2.75) is 33.1 Å². The summed E-state index contributed by atoms with van der Waals surface area (Å²) in [7, 11) is 0. The third kappa shape index (κ3) is 3.52. The summed E-state index contributed by atoms with van der Waals surface area (Å²) in [6.45, 7) is 8.04. The third-order valence-corrected chi connectivity index (χ3v) is 3.76. The van der Waals surface area contributed by atoms with Crippen LogP contribution in [0.4, 0.5) is 0 Å². The fourth-order valence-electron chi connectivity index (χ4n) is 2.20. The van der Waals surface area contributed by atoms with Crippen LogP contribution < -0.4 is 4.74 Å². The maximum Gasteiger partial charge on any atom is 0.313 e. The summed E-state index contributed by atoms with van der Waals surface area (Å²) in [6.07, 6.45) is 0. The first-order valence-electron chi connectivity index (χ1n) is 7.29. The molecule has 0 spiro atoms. The average molecular weight is 282 g/mol. The van der Waals surface area contributed by atoms with Gasteiger partial charge in [-0.3, -0.25) is 4.79 Å². The van der Waals surface area contributed by atoms with Crippen molar-refractivity contribution in [3.8, 4) is 5.75 Å². The monoisotopic (exact) mass is 282 g/mol. The van der Waals surface area contributed by atoms with Crippen LogP contribution in [0.25, 0.3) is 0 Å². The predicted octanol–water partition coefficient (Wildman–Crippen LogP) is 4.57. The smallest absolute Gasteiger partial charge is 0.313 e. The fraction of sp³-hybridized carbons (Fsp3) is 0.316. The van der Waals surface area contributed by atoms with Crippen molar-refractivity contribution < 1.29 is 9.53 Å². The first-order valence-corrected chi connectivity index (χ1v) is 7.29. The topological polar surface area (TPSA) is 26.3 Å². The maximum atomic E-state index is 11.6. The normalized spacial score (nSPS) is 11.5. The molecule has 0 fully saturated rings. The first kappa shape index (κ1) is 15.3. The summed E-state index contributed by atoms with van der Waals surface area (Å²) in [5, 5.41) is 0. The Balaban J connectivity index is 2.21. The van der Waals surface area contributed by atoms with Crippen molar-refractivity contribution >= 4 is 5.97 Å². The van der Waals surface area contributed by atoms with Gasteiger partial charge in [0.25, 0.3) is 0 Å². The van der Waals surface area contributed by atoms with Gasteiger partial charge in [0, 0.05) is 5.41 Å². The summed E-state index contributed by atoms with van der Waals surface area (Å²) in [6, 6.07) is 18.2. The van der Waals surface area contributed by atoms with Crippen LogP contribution in [0.3, 0.4) is 0 Å². The maximum absolute atomic E-state index is 11.6. The standard InChI is InChI=1S/C19H22O2/c1-14(2)18(20)21-17-12-10-16(11-13-17)19(3,4)15-8-6-5-7-9-15/h5-14H,1-4H3. The molecule has 0 saturated carbocycles.